The van der Waals surface area contributed by atoms with E-state index in [0.29, 0.717) is 34.8 Å². The maximum atomic E-state index is 15.2. The molecule has 2 aromatic heterocycles. The first kappa shape index (κ1) is 30.7. The lowest BCUT2D eigenvalue weighted by Gasteiger charge is -2.16. The van der Waals surface area contributed by atoms with Gasteiger partial charge in [-0.25, -0.2) is 13.6 Å². The van der Waals surface area contributed by atoms with Crippen molar-refractivity contribution in [1.82, 2.24) is 24.2 Å². The number of aromatic nitrogens is 4. The highest BCUT2D eigenvalue weighted by atomic mass is 19.1. The summed E-state index contributed by atoms with van der Waals surface area (Å²) in [6.07, 6.45) is 4.95. The summed E-state index contributed by atoms with van der Waals surface area (Å²) in [5, 5.41) is 7.22. The molecule has 1 aliphatic rings. The van der Waals surface area contributed by atoms with Crippen molar-refractivity contribution in [2.24, 2.45) is 7.05 Å². The quantitative estimate of drug-likeness (QED) is 0.195. The molecule has 238 valence electrons. The summed E-state index contributed by atoms with van der Waals surface area (Å²) in [4.78, 5) is 32.5. The number of hydrogen-bond acceptors (Lipinski definition) is 8. The molecule has 1 aliphatic heterocycles. The third kappa shape index (κ3) is 6.54. The Morgan fingerprint density at radius 3 is 2.48 bits per heavy atom. The number of carbonyl (C=O) groups is 1. The number of nitrogens with zero attached hydrogens (tertiary/aromatic N) is 5. The molecule has 0 spiro atoms. The number of hydrogen-bond donors (Lipinski definition) is 1. The minimum absolute atomic E-state index is 0.0836. The summed E-state index contributed by atoms with van der Waals surface area (Å²) in [6.45, 7) is 3.80. The maximum absolute atomic E-state index is 15.2. The van der Waals surface area contributed by atoms with Crippen LogP contribution in [0, 0.1) is 11.6 Å². The van der Waals surface area contributed by atoms with Gasteiger partial charge in [0.2, 0.25) is 5.82 Å². The minimum atomic E-state index is -0.741. The maximum Gasteiger partial charge on any atom is 0.350 e. The van der Waals surface area contributed by atoms with E-state index in [1.807, 2.05) is 0 Å². The summed E-state index contributed by atoms with van der Waals surface area (Å²) in [7, 11) is 2.92. The van der Waals surface area contributed by atoms with Gasteiger partial charge in [0, 0.05) is 43.0 Å². The van der Waals surface area contributed by atoms with Crippen molar-refractivity contribution in [2.45, 2.75) is 19.3 Å². The van der Waals surface area contributed by atoms with Crippen LogP contribution in [0.3, 0.4) is 0 Å². The number of benzene rings is 3. The van der Waals surface area contributed by atoms with Crippen LogP contribution in [0.25, 0.3) is 16.6 Å². The van der Waals surface area contributed by atoms with Crippen molar-refractivity contribution in [2.75, 3.05) is 38.7 Å². The van der Waals surface area contributed by atoms with Crippen LogP contribution in [0.1, 0.15) is 29.9 Å². The Morgan fingerprint density at radius 1 is 0.957 bits per heavy atom. The Hall–Kier alpha value is -5.30. The van der Waals surface area contributed by atoms with E-state index in [0.717, 1.165) is 41.4 Å². The Balaban J connectivity index is 1.15. The van der Waals surface area contributed by atoms with E-state index in [1.54, 1.807) is 31.5 Å². The van der Waals surface area contributed by atoms with Crippen LogP contribution < -0.4 is 25.2 Å². The van der Waals surface area contributed by atoms with Crippen molar-refractivity contribution in [3.05, 3.63) is 94.8 Å². The van der Waals surface area contributed by atoms with Crippen LogP contribution in [-0.4, -0.2) is 63.5 Å². The monoisotopic (exact) mass is 630 g/mol. The molecule has 5 aromatic rings. The van der Waals surface area contributed by atoms with Crippen LogP contribution in [0.5, 0.6) is 23.0 Å². The van der Waals surface area contributed by atoms with Crippen molar-refractivity contribution >= 4 is 22.5 Å². The number of amides is 1. The zero-order chi connectivity index (χ0) is 32.2. The number of likely N-dealkylation sites (tertiary alicyclic amines) is 1. The van der Waals surface area contributed by atoms with Gasteiger partial charge in [-0.2, -0.15) is 4.68 Å². The normalized spacial score (nSPS) is 13.2. The number of rotatable bonds is 11. The molecule has 3 heterocycles. The van der Waals surface area contributed by atoms with Crippen LogP contribution in [0.15, 0.2) is 71.7 Å². The lowest BCUT2D eigenvalue weighted by Crippen LogP contribution is -2.24. The first-order chi connectivity index (χ1) is 22.3. The second-order valence-corrected chi connectivity index (χ2v) is 10.8. The van der Waals surface area contributed by atoms with Crippen LogP contribution >= 0.6 is 0 Å². The standard InChI is InChI=1S/C33H32F2N6O5/c1-39-31(38-41(33(39)43)23-9-6-21(34)7-10-23)32(42)37-22-8-11-28(25(35)18-22)46-27-12-13-36-26-20-30(29(44-2)19-24(26)27)45-17-5-16-40-14-3-4-15-40/h6-13,18-20H,3-5,14-17H2,1-2H3,(H,37,42). The number of anilines is 1. The number of nitrogens with one attached hydrogen (secondary N) is 1. The van der Waals surface area contributed by atoms with Gasteiger partial charge in [0.15, 0.2) is 23.1 Å². The highest BCUT2D eigenvalue weighted by molar-refractivity contribution is 6.01. The van der Waals surface area contributed by atoms with Gasteiger partial charge in [0.25, 0.3) is 5.91 Å². The lowest BCUT2D eigenvalue weighted by atomic mass is 10.1. The third-order valence-corrected chi connectivity index (χ3v) is 7.73. The smallest absolute Gasteiger partial charge is 0.350 e. The Bertz CT molecular complexity index is 1940. The number of methoxy groups -OCH3 is 1. The van der Waals surface area contributed by atoms with E-state index in [-0.39, 0.29) is 22.9 Å². The Morgan fingerprint density at radius 2 is 1.74 bits per heavy atom. The molecule has 1 saturated heterocycles. The van der Waals surface area contributed by atoms with E-state index in [9.17, 15) is 14.0 Å². The van der Waals surface area contributed by atoms with E-state index in [2.05, 4.69) is 20.3 Å². The number of halogens is 2. The fraction of sp³-hybridized carbons (Fsp3) is 0.273. The van der Waals surface area contributed by atoms with Crippen LogP contribution in [-0.2, 0) is 7.05 Å². The largest absolute Gasteiger partial charge is 0.493 e. The molecule has 13 heteroatoms. The van der Waals surface area contributed by atoms with Crippen molar-refractivity contribution < 1.29 is 27.8 Å². The first-order valence-electron chi connectivity index (χ1n) is 14.8. The molecule has 0 bridgehead atoms. The predicted octanol–water partition coefficient (Wildman–Crippen LogP) is 5.32. The van der Waals surface area contributed by atoms with E-state index in [4.69, 9.17) is 14.2 Å². The number of pyridine rings is 1. The molecule has 0 radical (unpaired) electrons. The van der Waals surface area contributed by atoms with E-state index in [1.165, 1.54) is 56.3 Å². The van der Waals surface area contributed by atoms with Gasteiger partial charge >= 0.3 is 5.69 Å². The van der Waals surface area contributed by atoms with Gasteiger partial charge in [-0.1, -0.05) is 0 Å². The molecule has 0 unspecified atom stereocenters. The number of carbonyl (C=O) groups excluding carboxylic acids is 1. The van der Waals surface area contributed by atoms with E-state index < -0.39 is 23.2 Å². The third-order valence-electron chi connectivity index (χ3n) is 7.73. The van der Waals surface area contributed by atoms with Crippen LogP contribution in [0.4, 0.5) is 14.5 Å². The topological polar surface area (TPSA) is 113 Å². The first-order valence-corrected chi connectivity index (χ1v) is 14.8. The summed E-state index contributed by atoms with van der Waals surface area (Å²) < 4.78 is 48.1. The summed E-state index contributed by atoms with van der Waals surface area (Å²) in [6, 6.07) is 14.2. The molecule has 1 amide bonds. The molecule has 6 rings (SSSR count). The molecule has 11 nitrogen and oxygen atoms in total. The predicted molar refractivity (Wildman–Crippen MR) is 167 cm³/mol. The molecule has 0 saturated carbocycles. The molecule has 1 N–H and O–H groups in total. The van der Waals surface area contributed by atoms with Gasteiger partial charge in [-0.3, -0.25) is 14.3 Å². The highest BCUT2D eigenvalue weighted by Gasteiger charge is 2.20. The SMILES string of the molecule is COc1cc2c(Oc3ccc(NC(=O)c4nn(-c5ccc(F)cc5)c(=O)n4C)cc3F)ccnc2cc1OCCCN1CCCC1. The fourth-order valence-electron chi connectivity index (χ4n) is 5.32. The second kappa shape index (κ2) is 13.4. The molecular formula is C33H32F2N6O5. The minimum Gasteiger partial charge on any atom is -0.493 e. The van der Waals surface area contributed by atoms with E-state index >= 15 is 4.39 Å². The summed E-state index contributed by atoms with van der Waals surface area (Å²) in [5.74, 6) is -0.848. The summed E-state index contributed by atoms with van der Waals surface area (Å²) >= 11 is 0. The average Bonchev–Trinajstić information content (AvgIpc) is 3.68. The highest BCUT2D eigenvalue weighted by Crippen LogP contribution is 2.38. The number of ether oxygens (including phenoxy) is 3. The zero-order valence-corrected chi connectivity index (χ0v) is 25.3. The molecule has 1 fully saturated rings. The van der Waals surface area contributed by atoms with Gasteiger partial charge < -0.3 is 24.4 Å². The molecule has 0 atom stereocenters. The van der Waals surface area contributed by atoms with Gasteiger partial charge in [0.05, 0.1) is 24.9 Å². The van der Waals surface area contributed by atoms with Gasteiger partial charge in [-0.15, -0.1) is 5.10 Å². The van der Waals surface area contributed by atoms with Crippen LogP contribution in [0.2, 0.25) is 0 Å². The Kier molecular flexibility index (Phi) is 8.92. The fourth-order valence-corrected chi connectivity index (χ4v) is 5.32. The average molecular weight is 631 g/mol. The Labute approximate surface area is 262 Å². The second-order valence-electron chi connectivity index (χ2n) is 10.8. The molecular weight excluding hydrogens is 598 g/mol. The van der Waals surface area contributed by atoms with Crippen molar-refractivity contribution in [3.8, 4) is 28.7 Å². The van der Waals surface area contributed by atoms with Gasteiger partial charge in [0.1, 0.15) is 11.6 Å². The molecule has 46 heavy (non-hydrogen) atoms. The molecule has 3 aromatic carbocycles. The zero-order valence-electron chi connectivity index (χ0n) is 25.3. The lowest BCUT2D eigenvalue weighted by molar-refractivity contribution is 0.101. The van der Waals surface area contributed by atoms with Crippen molar-refractivity contribution in [3.63, 3.8) is 0 Å². The van der Waals surface area contributed by atoms with Gasteiger partial charge in [-0.05, 0) is 80.9 Å². The van der Waals surface area contributed by atoms with Crippen molar-refractivity contribution in [1.29, 1.82) is 0 Å². The molecule has 0 aliphatic carbocycles. The number of fused-ring (bicyclic) bond motifs is 1. The summed E-state index contributed by atoms with van der Waals surface area (Å²) in [5.41, 5.74) is 0.379.